The number of halogens is 1. The smallest absolute Gasteiger partial charge is 0.252 e. The molecule has 1 saturated heterocycles. The number of hydrogen-bond donors (Lipinski definition) is 2. The summed E-state index contributed by atoms with van der Waals surface area (Å²) < 4.78 is 13.4. The highest BCUT2D eigenvalue weighted by molar-refractivity contribution is 7.08. The van der Waals surface area contributed by atoms with Gasteiger partial charge in [0, 0.05) is 29.4 Å². The van der Waals surface area contributed by atoms with E-state index in [-0.39, 0.29) is 31.3 Å². The molecule has 0 aromatic carbocycles. The lowest BCUT2D eigenvalue weighted by Crippen LogP contribution is -2.52. The predicted molar refractivity (Wildman–Crippen MR) is 89.4 cm³/mol. The highest BCUT2D eigenvalue weighted by Crippen LogP contribution is 2.19. The number of alkyl halides is 1. The molecule has 0 radical (unpaired) electrons. The normalized spacial score (nSPS) is 20.7. The highest BCUT2D eigenvalue weighted by Gasteiger charge is 2.35. The number of nitriles is 1. The summed E-state index contributed by atoms with van der Waals surface area (Å²) in [6, 6.07) is 3.00. The number of nitrogens with zero attached hydrogens (tertiary/aromatic N) is 2. The fraction of sp³-hybridized carbons (Fsp3) is 0.562. The number of rotatable bonds is 6. The Balaban J connectivity index is 1.80. The van der Waals surface area contributed by atoms with Gasteiger partial charge in [-0.1, -0.05) is 0 Å². The second kappa shape index (κ2) is 7.73. The summed E-state index contributed by atoms with van der Waals surface area (Å²) in [4.78, 5) is 25.4. The number of nitrogens with one attached hydrogen (secondary N) is 2. The summed E-state index contributed by atoms with van der Waals surface area (Å²) in [5.41, 5.74) is 0.0907. The average molecular weight is 352 g/mol. The third-order valence-electron chi connectivity index (χ3n) is 3.91. The molecule has 130 valence electrons. The van der Waals surface area contributed by atoms with Gasteiger partial charge in [0.05, 0.1) is 19.2 Å². The second-order valence-corrected chi connectivity index (χ2v) is 7.24. The number of hydrogen-bond acceptors (Lipinski definition) is 5. The minimum atomic E-state index is -1.14. The van der Waals surface area contributed by atoms with Crippen molar-refractivity contribution in [3.8, 4) is 6.07 Å². The van der Waals surface area contributed by atoms with E-state index in [2.05, 4.69) is 10.6 Å². The Hall–Kier alpha value is -1.98. The third kappa shape index (κ3) is 4.76. The van der Waals surface area contributed by atoms with E-state index < -0.39 is 17.8 Å². The molecule has 1 fully saturated rings. The van der Waals surface area contributed by atoms with Crippen LogP contribution in [0.1, 0.15) is 30.6 Å². The molecule has 24 heavy (non-hydrogen) atoms. The summed E-state index contributed by atoms with van der Waals surface area (Å²) in [5, 5.41) is 18.5. The molecular weight excluding hydrogens is 331 g/mol. The number of amides is 2. The van der Waals surface area contributed by atoms with Gasteiger partial charge < -0.3 is 15.5 Å². The van der Waals surface area contributed by atoms with E-state index in [4.69, 9.17) is 5.26 Å². The van der Waals surface area contributed by atoms with Crippen molar-refractivity contribution in [2.75, 3.05) is 19.6 Å². The summed E-state index contributed by atoms with van der Waals surface area (Å²) in [5.74, 6) is -0.472. The van der Waals surface area contributed by atoms with Gasteiger partial charge in [0.2, 0.25) is 5.91 Å². The maximum atomic E-state index is 13.4. The van der Waals surface area contributed by atoms with E-state index >= 15 is 0 Å². The van der Waals surface area contributed by atoms with Crippen LogP contribution in [0.3, 0.4) is 0 Å². The van der Waals surface area contributed by atoms with Crippen molar-refractivity contribution < 1.29 is 14.0 Å². The van der Waals surface area contributed by atoms with Crippen molar-refractivity contribution in [2.24, 2.45) is 0 Å². The van der Waals surface area contributed by atoms with Gasteiger partial charge in [0.25, 0.3) is 5.91 Å². The van der Waals surface area contributed by atoms with Crippen molar-refractivity contribution in [3.63, 3.8) is 0 Å². The van der Waals surface area contributed by atoms with Gasteiger partial charge in [-0.25, -0.2) is 4.39 Å². The number of carbonyl (C=O) groups is 2. The van der Waals surface area contributed by atoms with Crippen molar-refractivity contribution in [1.82, 2.24) is 15.5 Å². The fourth-order valence-corrected chi connectivity index (χ4v) is 3.09. The maximum absolute atomic E-state index is 13.4. The summed E-state index contributed by atoms with van der Waals surface area (Å²) in [6.07, 6.45) is -1.07. The van der Waals surface area contributed by atoms with Crippen LogP contribution in [0.5, 0.6) is 0 Å². The van der Waals surface area contributed by atoms with Crippen LogP contribution in [0.2, 0.25) is 0 Å². The monoisotopic (exact) mass is 352 g/mol. The van der Waals surface area contributed by atoms with Gasteiger partial charge >= 0.3 is 0 Å². The fourth-order valence-electron chi connectivity index (χ4n) is 2.46. The van der Waals surface area contributed by atoms with Gasteiger partial charge in [-0.05, 0) is 25.3 Å². The van der Waals surface area contributed by atoms with E-state index in [1.165, 1.54) is 16.2 Å². The molecule has 0 aliphatic carbocycles. The SMILES string of the molecule is CC(C)(CNC(=O)c1ccsc1)NCC(=O)N1C[C@@H](F)C[C@H]1C#N. The average Bonchev–Trinajstić information content (AvgIpc) is 3.19. The predicted octanol–water partition coefficient (Wildman–Crippen LogP) is 1.31. The topological polar surface area (TPSA) is 85.2 Å². The van der Waals surface area contributed by atoms with Crippen molar-refractivity contribution in [2.45, 2.75) is 38.0 Å². The Labute approximate surface area is 144 Å². The maximum Gasteiger partial charge on any atom is 0.252 e. The number of likely N-dealkylation sites (tertiary alicyclic amines) is 1. The Morgan fingerprint density at radius 2 is 2.29 bits per heavy atom. The van der Waals surface area contributed by atoms with Crippen LogP contribution >= 0.6 is 11.3 Å². The lowest BCUT2D eigenvalue weighted by Gasteiger charge is -2.28. The molecule has 8 heteroatoms. The van der Waals surface area contributed by atoms with Crippen molar-refractivity contribution >= 4 is 23.2 Å². The Morgan fingerprint density at radius 1 is 1.54 bits per heavy atom. The van der Waals surface area contributed by atoms with E-state index in [1.54, 1.807) is 11.4 Å². The van der Waals surface area contributed by atoms with Crippen molar-refractivity contribution in [1.29, 1.82) is 5.26 Å². The van der Waals surface area contributed by atoms with E-state index in [0.717, 1.165) is 0 Å². The van der Waals surface area contributed by atoms with Gasteiger partial charge in [-0.3, -0.25) is 9.59 Å². The zero-order valence-corrected chi connectivity index (χ0v) is 14.5. The molecule has 1 aliphatic rings. The molecule has 0 bridgehead atoms. The molecule has 2 N–H and O–H groups in total. The minimum Gasteiger partial charge on any atom is -0.350 e. The largest absolute Gasteiger partial charge is 0.350 e. The summed E-state index contributed by atoms with van der Waals surface area (Å²) >= 11 is 1.45. The molecule has 0 unspecified atom stereocenters. The van der Waals surface area contributed by atoms with E-state index in [1.807, 2.05) is 25.3 Å². The molecule has 0 saturated carbocycles. The first-order valence-corrected chi connectivity index (χ1v) is 8.65. The first kappa shape index (κ1) is 18.4. The van der Waals surface area contributed by atoms with Crippen LogP contribution in [-0.4, -0.2) is 54.1 Å². The van der Waals surface area contributed by atoms with Gasteiger partial charge in [0.15, 0.2) is 0 Å². The van der Waals surface area contributed by atoms with Crippen LogP contribution in [-0.2, 0) is 4.79 Å². The summed E-state index contributed by atoms with van der Waals surface area (Å²) in [6.45, 7) is 4.01. The lowest BCUT2D eigenvalue weighted by atomic mass is 10.1. The first-order chi connectivity index (χ1) is 11.3. The molecule has 1 aromatic rings. The van der Waals surface area contributed by atoms with Gasteiger partial charge in [0.1, 0.15) is 12.2 Å². The standard InChI is InChI=1S/C16H21FN4O2S/c1-16(2,10-19-15(23)11-3-4-24-9-11)20-7-14(22)21-8-12(17)5-13(21)6-18/h3-4,9,12-13,20H,5,7-8,10H2,1-2H3,(H,19,23)/t12-,13-/m0/s1. The highest BCUT2D eigenvalue weighted by atomic mass is 32.1. The van der Waals surface area contributed by atoms with Crippen LogP contribution in [0.15, 0.2) is 16.8 Å². The molecule has 2 amide bonds. The molecular formula is C16H21FN4O2S. The molecule has 1 aromatic heterocycles. The lowest BCUT2D eigenvalue weighted by molar-refractivity contribution is -0.130. The molecule has 1 aliphatic heterocycles. The molecule has 0 spiro atoms. The third-order valence-corrected chi connectivity index (χ3v) is 4.60. The Kier molecular flexibility index (Phi) is 5.91. The molecule has 6 nitrogen and oxygen atoms in total. The van der Waals surface area contributed by atoms with Crippen LogP contribution < -0.4 is 10.6 Å². The zero-order valence-electron chi connectivity index (χ0n) is 13.7. The van der Waals surface area contributed by atoms with E-state index in [0.29, 0.717) is 12.1 Å². The number of thiophene rings is 1. The van der Waals surface area contributed by atoms with E-state index in [9.17, 15) is 14.0 Å². The van der Waals surface area contributed by atoms with Gasteiger partial charge in [-0.2, -0.15) is 16.6 Å². The first-order valence-electron chi connectivity index (χ1n) is 7.71. The van der Waals surface area contributed by atoms with Crippen molar-refractivity contribution in [3.05, 3.63) is 22.4 Å². The number of carbonyl (C=O) groups excluding carboxylic acids is 2. The molecule has 2 atom stereocenters. The van der Waals surface area contributed by atoms with Crippen LogP contribution in [0.25, 0.3) is 0 Å². The van der Waals surface area contributed by atoms with Crippen LogP contribution in [0.4, 0.5) is 4.39 Å². The Morgan fingerprint density at radius 3 is 2.92 bits per heavy atom. The second-order valence-electron chi connectivity index (χ2n) is 6.46. The minimum absolute atomic E-state index is 0.00772. The van der Waals surface area contributed by atoms with Crippen LogP contribution in [0, 0.1) is 11.3 Å². The quantitative estimate of drug-likeness (QED) is 0.808. The zero-order chi connectivity index (χ0) is 17.7. The Bertz CT molecular complexity index is 627. The molecule has 2 rings (SSSR count). The summed E-state index contributed by atoms with van der Waals surface area (Å²) in [7, 11) is 0. The molecule has 2 heterocycles. The van der Waals surface area contributed by atoms with Gasteiger partial charge in [-0.15, -0.1) is 0 Å².